The van der Waals surface area contributed by atoms with Gasteiger partial charge in [-0.15, -0.1) is 0 Å². The van der Waals surface area contributed by atoms with Gasteiger partial charge in [0.15, 0.2) is 5.76 Å². The molecule has 4 heteroatoms. The fourth-order valence-corrected chi connectivity index (χ4v) is 1.49. The first-order valence-corrected chi connectivity index (χ1v) is 5.08. The van der Waals surface area contributed by atoms with Crippen LogP contribution in [0.4, 0.5) is 4.39 Å². The maximum absolute atomic E-state index is 13.0. The molecule has 0 radical (unpaired) electrons. The van der Waals surface area contributed by atoms with Crippen LogP contribution in [0.3, 0.4) is 0 Å². The van der Waals surface area contributed by atoms with Gasteiger partial charge in [0.1, 0.15) is 18.2 Å². The zero-order valence-electron chi connectivity index (χ0n) is 9.27. The molecule has 0 atom stereocenters. The second kappa shape index (κ2) is 4.93. The number of furan rings is 1. The lowest BCUT2D eigenvalue weighted by Gasteiger charge is -1.98. The van der Waals surface area contributed by atoms with E-state index in [-0.39, 0.29) is 17.1 Å². The number of methoxy groups -OCH3 is 1. The van der Waals surface area contributed by atoms with Crippen LogP contribution in [0, 0.1) is 5.82 Å². The van der Waals surface area contributed by atoms with E-state index in [0.717, 1.165) is 0 Å². The highest BCUT2D eigenvalue weighted by molar-refractivity contribution is 6.07. The van der Waals surface area contributed by atoms with Crippen LogP contribution >= 0.6 is 0 Å². The number of hydrogen-bond acceptors (Lipinski definition) is 3. The SMILES string of the molecule is COCc1ccc(C(=O)c2cccc(F)c2)o1. The Kier molecular flexibility index (Phi) is 3.35. The Morgan fingerprint density at radius 1 is 1.35 bits per heavy atom. The van der Waals surface area contributed by atoms with Crippen LogP contribution in [-0.4, -0.2) is 12.9 Å². The summed E-state index contributed by atoms with van der Waals surface area (Å²) < 4.78 is 23.1. The fourth-order valence-electron chi connectivity index (χ4n) is 1.49. The van der Waals surface area contributed by atoms with E-state index in [1.54, 1.807) is 18.2 Å². The van der Waals surface area contributed by atoms with Crippen LogP contribution in [0.5, 0.6) is 0 Å². The van der Waals surface area contributed by atoms with E-state index in [1.165, 1.54) is 25.3 Å². The van der Waals surface area contributed by atoms with E-state index < -0.39 is 5.82 Å². The summed E-state index contributed by atoms with van der Waals surface area (Å²) in [5.74, 6) is -0.0405. The largest absolute Gasteiger partial charge is 0.455 e. The maximum atomic E-state index is 13.0. The standard InChI is InChI=1S/C13H11FO3/c1-16-8-11-5-6-12(17-11)13(15)9-3-2-4-10(14)7-9/h2-7H,8H2,1H3. The molecule has 2 rings (SSSR count). The molecule has 0 bridgehead atoms. The lowest BCUT2D eigenvalue weighted by atomic mass is 10.1. The lowest BCUT2D eigenvalue weighted by molar-refractivity contribution is 0.0999. The average molecular weight is 234 g/mol. The Morgan fingerprint density at radius 3 is 2.88 bits per heavy atom. The number of benzene rings is 1. The minimum atomic E-state index is -0.445. The van der Waals surface area contributed by atoms with E-state index in [9.17, 15) is 9.18 Å². The first-order valence-electron chi connectivity index (χ1n) is 5.08. The third-order valence-corrected chi connectivity index (χ3v) is 2.26. The quantitative estimate of drug-likeness (QED) is 0.763. The Labute approximate surface area is 97.8 Å². The van der Waals surface area contributed by atoms with Crippen molar-refractivity contribution in [2.75, 3.05) is 7.11 Å². The minimum absolute atomic E-state index is 0.183. The minimum Gasteiger partial charge on any atom is -0.455 e. The molecule has 0 unspecified atom stereocenters. The molecular formula is C13H11FO3. The monoisotopic (exact) mass is 234 g/mol. The van der Waals surface area contributed by atoms with Crippen molar-refractivity contribution in [1.82, 2.24) is 0 Å². The van der Waals surface area contributed by atoms with Gasteiger partial charge in [-0.05, 0) is 24.3 Å². The number of hydrogen-bond donors (Lipinski definition) is 0. The second-order valence-corrected chi connectivity index (χ2v) is 3.54. The summed E-state index contributed by atoms with van der Waals surface area (Å²) in [6.07, 6.45) is 0. The molecule has 0 spiro atoms. The molecule has 0 aliphatic rings. The van der Waals surface area contributed by atoms with Gasteiger partial charge in [0.2, 0.25) is 5.78 Å². The van der Waals surface area contributed by atoms with Crippen molar-refractivity contribution in [2.24, 2.45) is 0 Å². The molecule has 0 aliphatic heterocycles. The van der Waals surface area contributed by atoms with Crippen molar-refractivity contribution in [2.45, 2.75) is 6.61 Å². The number of carbonyl (C=O) groups excluding carboxylic acids is 1. The summed E-state index contributed by atoms with van der Waals surface area (Å²) >= 11 is 0. The van der Waals surface area contributed by atoms with Gasteiger partial charge in [0.25, 0.3) is 0 Å². The van der Waals surface area contributed by atoms with Gasteiger partial charge in [-0.25, -0.2) is 4.39 Å². The predicted molar refractivity (Wildman–Crippen MR) is 59.3 cm³/mol. The summed E-state index contributed by atoms with van der Waals surface area (Å²) in [5.41, 5.74) is 0.267. The van der Waals surface area contributed by atoms with Crippen molar-refractivity contribution in [1.29, 1.82) is 0 Å². The first kappa shape index (κ1) is 11.5. The van der Waals surface area contributed by atoms with Gasteiger partial charge in [-0.3, -0.25) is 4.79 Å². The molecule has 0 fully saturated rings. The molecule has 1 aromatic carbocycles. The zero-order valence-corrected chi connectivity index (χ0v) is 9.27. The Morgan fingerprint density at radius 2 is 2.18 bits per heavy atom. The maximum Gasteiger partial charge on any atom is 0.228 e. The van der Waals surface area contributed by atoms with Crippen LogP contribution in [0.15, 0.2) is 40.8 Å². The van der Waals surface area contributed by atoms with E-state index in [2.05, 4.69) is 0 Å². The molecular weight excluding hydrogens is 223 g/mol. The normalized spacial score (nSPS) is 10.5. The number of ether oxygens (including phenoxy) is 1. The Balaban J connectivity index is 2.24. The molecule has 17 heavy (non-hydrogen) atoms. The first-order chi connectivity index (χ1) is 8.20. The van der Waals surface area contributed by atoms with Crippen molar-refractivity contribution in [3.05, 3.63) is 59.3 Å². The van der Waals surface area contributed by atoms with E-state index in [1.807, 2.05) is 0 Å². The van der Waals surface area contributed by atoms with Crippen LogP contribution in [0.25, 0.3) is 0 Å². The third-order valence-electron chi connectivity index (χ3n) is 2.26. The van der Waals surface area contributed by atoms with Crippen LogP contribution in [0.1, 0.15) is 21.9 Å². The molecule has 0 amide bonds. The molecule has 1 heterocycles. The molecule has 0 saturated carbocycles. The summed E-state index contributed by atoms with van der Waals surface area (Å²) in [6, 6.07) is 8.72. The highest BCUT2D eigenvalue weighted by Crippen LogP contribution is 2.14. The van der Waals surface area contributed by atoms with E-state index >= 15 is 0 Å². The number of rotatable bonds is 4. The third kappa shape index (κ3) is 2.60. The van der Waals surface area contributed by atoms with Gasteiger partial charge < -0.3 is 9.15 Å². The van der Waals surface area contributed by atoms with Gasteiger partial charge in [0.05, 0.1) is 0 Å². The summed E-state index contributed by atoms with van der Waals surface area (Å²) in [5, 5.41) is 0. The van der Waals surface area contributed by atoms with Gasteiger partial charge >= 0.3 is 0 Å². The molecule has 2 aromatic rings. The Hall–Kier alpha value is -1.94. The van der Waals surface area contributed by atoms with Crippen LogP contribution in [0.2, 0.25) is 0 Å². The topological polar surface area (TPSA) is 39.4 Å². The molecule has 3 nitrogen and oxygen atoms in total. The van der Waals surface area contributed by atoms with E-state index in [0.29, 0.717) is 12.4 Å². The van der Waals surface area contributed by atoms with Crippen molar-refractivity contribution < 1.29 is 18.3 Å². The molecule has 88 valence electrons. The predicted octanol–water partition coefficient (Wildman–Crippen LogP) is 2.80. The zero-order chi connectivity index (χ0) is 12.3. The fraction of sp³-hybridized carbons (Fsp3) is 0.154. The van der Waals surface area contributed by atoms with Crippen molar-refractivity contribution >= 4 is 5.78 Å². The Bertz CT molecular complexity index is 531. The highest BCUT2D eigenvalue weighted by Gasteiger charge is 2.14. The summed E-state index contributed by atoms with van der Waals surface area (Å²) in [4.78, 5) is 11.9. The van der Waals surface area contributed by atoms with Gasteiger partial charge in [0, 0.05) is 12.7 Å². The number of carbonyl (C=O) groups is 1. The summed E-state index contributed by atoms with van der Waals surface area (Å²) in [7, 11) is 1.54. The van der Waals surface area contributed by atoms with Gasteiger partial charge in [-0.2, -0.15) is 0 Å². The smallest absolute Gasteiger partial charge is 0.228 e. The van der Waals surface area contributed by atoms with Crippen molar-refractivity contribution in [3.63, 3.8) is 0 Å². The molecule has 0 aliphatic carbocycles. The average Bonchev–Trinajstić information content (AvgIpc) is 2.77. The van der Waals surface area contributed by atoms with E-state index in [4.69, 9.17) is 9.15 Å². The molecule has 1 aromatic heterocycles. The number of halogens is 1. The molecule has 0 N–H and O–H groups in total. The lowest BCUT2D eigenvalue weighted by Crippen LogP contribution is -1.99. The second-order valence-electron chi connectivity index (χ2n) is 3.54. The van der Waals surface area contributed by atoms with Crippen molar-refractivity contribution in [3.8, 4) is 0 Å². The highest BCUT2D eigenvalue weighted by atomic mass is 19.1. The molecule has 0 saturated heterocycles. The van der Waals surface area contributed by atoms with Gasteiger partial charge in [-0.1, -0.05) is 12.1 Å². The van der Waals surface area contributed by atoms with Crippen LogP contribution < -0.4 is 0 Å². The number of ketones is 1. The van der Waals surface area contributed by atoms with Crippen LogP contribution in [-0.2, 0) is 11.3 Å². The summed E-state index contributed by atoms with van der Waals surface area (Å²) in [6.45, 7) is 0.302.